The summed E-state index contributed by atoms with van der Waals surface area (Å²) in [6, 6.07) is 7.72. The molecule has 3 saturated carbocycles. The number of ether oxygens (including phenoxy) is 1. The molecule has 5 nitrogen and oxygen atoms in total. The lowest BCUT2D eigenvalue weighted by molar-refractivity contribution is -0.0595. The first kappa shape index (κ1) is 31.8. The molecule has 46 heavy (non-hydrogen) atoms. The number of para-hydroxylation sites is 1. The Bertz CT molecular complexity index is 1630. The van der Waals surface area contributed by atoms with Gasteiger partial charge in [0.1, 0.15) is 6.10 Å². The van der Waals surface area contributed by atoms with Crippen molar-refractivity contribution < 1.29 is 14.3 Å². The van der Waals surface area contributed by atoms with Gasteiger partial charge in [0, 0.05) is 28.9 Å². The van der Waals surface area contributed by atoms with Crippen LogP contribution in [0.1, 0.15) is 131 Å². The molecule has 0 radical (unpaired) electrons. The summed E-state index contributed by atoms with van der Waals surface area (Å²) in [5.74, 6) is 4.32. The minimum atomic E-state index is -0.412. The molecule has 7 rings (SSSR count). The van der Waals surface area contributed by atoms with Crippen LogP contribution in [0.4, 0.5) is 0 Å². The summed E-state index contributed by atoms with van der Waals surface area (Å²) in [5, 5.41) is 2.85. The third kappa shape index (κ3) is 5.50. The van der Waals surface area contributed by atoms with Gasteiger partial charge in [0.05, 0.1) is 5.56 Å². The van der Waals surface area contributed by atoms with Gasteiger partial charge in [-0.2, -0.15) is 0 Å². The Morgan fingerprint density at radius 2 is 1.87 bits per heavy atom. The highest BCUT2D eigenvalue weighted by molar-refractivity contribution is 7.12. The molecular formula is C40H52N2O3S. The molecule has 6 heteroatoms. The van der Waals surface area contributed by atoms with E-state index in [0.717, 1.165) is 65.7 Å². The first-order chi connectivity index (χ1) is 22.1. The fourth-order valence-corrected chi connectivity index (χ4v) is 11.6. The number of nitrogens with one attached hydrogen (secondary N) is 1. The zero-order chi connectivity index (χ0) is 32.2. The van der Waals surface area contributed by atoms with Gasteiger partial charge in [0.15, 0.2) is 10.7 Å². The lowest BCUT2D eigenvalue weighted by Gasteiger charge is -2.58. The van der Waals surface area contributed by atoms with Crippen LogP contribution in [-0.2, 0) is 4.74 Å². The van der Waals surface area contributed by atoms with Gasteiger partial charge in [0.25, 0.3) is 0 Å². The number of rotatable bonds is 9. The molecule has 1 N–H and O–H groups in total. The quantitative estimate of drug-likeness (QED) is 0.143. The topological polar surface area (TPSA) is 72.1 Å². The molecule has 1 aromatic carbocycles. The monoisotopic (exact) mass is 640 g/mol. The van der Waals surface area contributed by atoms with Crippen LogP contribution < -0.4 is 0 Å². The Hall–Kier alpha value is -2.73. The molecule has 3 aromatic rings. The van der Waals surface area contributed by atoms with E-state index in [-0.39, 0.29) is 23.0 Å². The summed E-state index contributed by atoms with van der Waals surface area (Å²) in [4.78, 5) is 34.1. The van der Waals surface area contributed by atoms with E-state index in [2.05, 4.69) is 50.7 Å². The predicted octanol–water partition coefficient (Wildman–Crippen LogP) is 10.4. The highest BCUT2D eigenvalue weighted by Gasteiger charge is 2.59. The highest BCUT2D eigenvalue weighted by Crippen LogP contribution is 2.67. The number of H-pyrrole nitrogens is 1. The van der Waals surface area contributed by atoms with Crippen molar-refractivity contribution in [3.8, 4) is 0 Å². The number of allylic oxidation sites excluding steroid dienone is 1. The molecule has 8 atom stereocenters. The van der Waals surface area contributed by atoms with E-state index >= 15 is 0 Å². The van der Waals surface area contributed by atoms with Crippen LogP contribution in [-0.4, -0.2) is 27.8 Å². The third-order valence-corrected chi connectivity index (χ3v) is 14.1. The summed E-state index contributed by atoms with van der Waals surface area (Å²) in [7, 11) is 0. The molecule has 2 aromatic heterocycles. The molecule has 0 aliphatic heterocycles. The molecule has 0 spiro atoms. The van der Waals surface area contributed by atoms with Gasteiger partial charge in [-0.3, -0.25) is 4.79 Å². The van der Waals surface area contributed by atoms with Crippen molar-refractivity contribution in [2.45, 2.75) is 111 Å². The van der Waals surface area contributed by atoms with Crippen molar-refractivity contribution in [3.63, 3.8) is 0 Å². The minimum Gasteiger partial charge on any atom is -0.457 e. The first-order valence-corrected chi connectivity index (χ1v) is 18.9. The van der Waals surface area contributed by atoms with Crippen molar-refractivity contribution in [2.24, 2.45) is 46.3 Å². The molecule has 3 fully saturated rings. The fourth-order valence-electron chi connectivity index (χ4n) is 10.8. The second-order valence-electron chi connectivity index (χ2n) is 16.2. The van der Waals surface area contributed by atoms with Crippen LogP contribution in [0.5, 0.6) is 0 Å². The SMILES string of the molecule is CC(C)CCCC(C)C1CCC2C3CC=C4CC(OC(=O)c5csc(C(=O)c6c[nH]c7ccccc67)n5)CCC4(C)C3CCC12C. The standard InChI is InChI=1S/C40H52N2O3S/c1-24(2)9-8-10-25(3)31-15-16-32-29-14-13-26-21-27(17-19-39(26,4)33(29)18-20-40(31,32)5)45-38(44)35-23-46-37(42-35)36(43)30-22-41-34-12-7-6-11-28(30)34/h6-7,11-13,22-25,27,29,31-33,41H,8-10,14-21H2,1-5H3. The zero-order valence-corrected chi connectivity index (χ0v) is 29.3. The van der Waals surface area contributed by atoms with Crippen LogP contribution >= 0.6 is 11.3 Å². The van der Waals surface area contributed by atoms with E-state index in [4.69, 9.17) is 4.74 Å². The third-order valence-electron chi connectivity index (χ3n) is 13.3. The summed E-state index contributed by atoms with van der Waals surface area (Å²) in [6.45, 7) is 12.5. The maximum absolute atomic E-state index is 13.2. The molecule has 246 valence electrons. The molecular weight excluding hydrogens is 589 g/mol. The van der Waals surface area contributed by atoms with E-state index in [9.17, 15) is 9.59 Å². The molecule has 0 bridgehead atoms. The smallest absolute Gasteiger partial charge is 0.358 e. The van der Waals surface area contributed by atoms with Gasteiger partial charge in [-0.05, 0) is 97.3 Å². The number of carbonyl (C=O) groups excluding carboxylic acids is 2. The number of thiazole rings is 1. The lowest BCUT2D eigenvalue weighted by Crippen LogP contribution is -2.51. The number of hydrogen-bond acceptors (Lipinski definition) is 5. The number of aromatic amines is 1. The van der Waals surface area contributed by atoms with Gasteiger partial charge in [-0.15, -0.1) is 11.3 Å². The largest absolute Gasteiger partial charge is 0.457 e. The van der Waals surface area contributed by atoms with E-state index < -0.39 is 5.97 Å². The van der Waals surface area contributed by atoms with Crippen LogP contribution in [0.3, 0.4) is 0 Å². The number of hydrogen-bond donors (Lipinski definition) is 1. The maximum Gasteiger partial charge on any atom is 0.358 e. The van der Waals surface area contributed by atoms with Crippen molar-refractivity contribution in [1.29, 1.82) is 0 Å². The number of ketones is 1. The number of aromatic nitrogens is 2. The normalized spacial score (nSPS) is 32.8. The Labute approximate surface area is 279 Å². The molecule has 4 aliphatic carbocycles. The van der Waals surface area contributed by atoms with Crippen LogP contribution in [0, 0.1) is 46.3 Å². The number of benzene rings is 1. The number of carbonyl (C=O) groups is 2. The first-order valence-electron chi connectivity index (χ1n) is 18.1. The second kappa shape index (κ2) is 12.4. The number of nitrogens with zero attached hydrogens (tertiary/aromatic N) is 1. The molecule has 0 amide bonds. The lowest BCUT2D eigenvalue weighted by atomic mass is 9.47. The second-order valence-corrected chi connectivity index (χ2v) is 17.0. The molecule has 4 aliphatic rings. The highest BCUT2D eigenvalue weighted by atomic mass is 32.1. The molecule has 8 unspecified atom stereocenters. The Balaban J connectivity index is 0.992. The summed E-state index contributed by atoms with van der Waals surface area (Å²) in [5.41, 5.74) is 3.95. The van der Waals surface area contributed by atoms with E-state index in [1.807, 2.05) is 24.3 Å². The van der Waals surface area contributed by atoms with Gasteiger partial charge in [-0.1, -0.05) is 83.7 Å². The summed E-state index contributed by atoms with van der Waals surface area (Å²) >= 11 is 1.21. The van der Waals surface area contributed by atoms with Crippen molar-refractivity contribution >= 4 is 34.0 Å². The van der Waals surface area contributed by atoms with Gasteiger partial charge >= 0.3 is 5.97 Å². The van der Waals surface area contributed by atoms with Crippen molar-refractivity contribution in [2.75, 3.05) is 0 Å². The van der Waals surface area contributed by atoms with E-state index in [1.54, 1.807) is 11.6 Å². The number of esters is 1. The predicted molar refractivity (Wildman–Crippen MR) is 186 cm³/mol. The average molecular weight is 641 g/mol. The Morgan fingerprint density at radius 1 is 1.04 bits per heavy atom. The van der Waals surface area contributed by atoms with E-state index in [0.29, 0.717) is 16.0 Å². The molecule has 2 heterocycles. The number of fused-ring (bicyclic) bond motifs is 6. The Kier molecular flexibility index (Phi) is 8.57. The van der Waals surface area contributed by atoms with Crippen LogP contribution in [0.25, 0.3) is 10.9 Å². The van der Waals surface area contributed by atoms with E-state index in [1.165, 1.54) is 68.3 Å². The van der Waals surface area contributed by atoms with Gasteiger partial charge in [-0.25, -0.2) is 9.78 Å². The maximum atomic E-state index is 13.2. The van der Waals surface area contributed by atoms with Crippen LogP contribution in [0.15, 0.2) is 47.5 Å². The zero-order valence-electron chi connectivity index (χ0n) is 28.4. The van der Waals surface area contributed by atoms with Gasteiger partial charge in [0.2, 0.25) is 5.78 Å². The van der Waals surface area contributed by atoms with Crippen molar-refractivity contribution in [3.05, 3.63) is 63.8 Å². The average Bonchev–Trinajstić information content (AvgIpc) is 3.78. The van der Waals surface area contributed by atoms with Crippen molar-refractivity contribution in [1.82, 2.24) is 9.97 Å². The summed E-state index contributed by atoms with van der Waals surface area (Å²) < 4.78 is 6.08. The fraction of sp³-hybridized carbons (Fsp3) is 0.625. The Morgan fingerprint density at radius 3 is 2.70 bits per heavy atom. The van der Waals surface area contributed by atoms with Gasteiger partial charge < -0.3 is 9.72 Å². The minimum absolute atomic E-state index is 0.130. The van der Waals surface area contributed by atoms with Crippen LogP contribution in [0.2, 0.25) is 0 Å². The summed E-state index contributed by atoms with van der Waals surface area (Å²) in [6.07, 6.45) is 17.8. The molecule has 0 saturated heterocycles.